The highest BCUT2D eigenvalue weighted by Gasteiger charge is 2.20. The Labute approximate surface area is 163 Å². The molecule has 1 fully saturated rings. The van der Waals surface area contributed by atoms with Crippen molar-refractivity contribution in [3.05, 3.63) is 67.6 Å². The van der Waals surface area contributed by atoms with Crippen LogP contribution in [0, 0.1) is 0 Å². The number of benzene rings is 2. The molecular formula is C20H16Br2O3. The van der Waals surface area contributed by atoms with E-state index in [-0.39, 0.29) is 17.3 Å². The minimum absolute atomic E-state index is 0.0552. The molecule has 0 heterocycles. The summed E-state index contributed by atoms with van der Waals surface area (Å²) in [5.74, 6) is 0.408. The van der Waals surface area contributed by atoms with E-state index in [1.54, 1.807) is 36.4 Å². The molecule has 0 spiro atoms. The van der Waals surface area contributed by atoms with Gasteiger partial charge >= 0.3 is 0 Å². The Hall–Kier alpha value is -1.85. The summed E-state index contributed by atoms with van der Waals surface area (Å²) in [5.41, 5.74) is 3.30. The number of hydrogen-bond donors (Lipinski definition) is 2. The zero-order chi connectivity index (χ0) is 18.0. The highest BCUT2D eigenvalue weighted by molar-refractivity contribution is 9.10. The van der Waals surface area contributed by atoms with E-state index in [2.05, 4.69) is 31.9 Å². The Morgan fingerprint density at radius 2 is 1.24 bits per heavy atom. The summed E-state index contributed by atoms with van der Waals surface area (Å²) in [4.78, 5) is 12.8. The monoisotopic (exact) mass is 462 g/mol. The van der Waals surface area contributed by atoms with Crippen LogP contribution in [0.4, 0.5) is 0 Å². The van der Waals surface area contributed by atoms with Crippen molar-refractivity contribution in [1.82, 2.24) is 0 Å². The van der Waals surface area contributed by atoms with Gasteiger partial charge in [-0.3, -0.25) is 4.79 Å². The summed E-state index contributed by atoms with van der Waals surface area (Å²) in [5, 5.41) is 19.2. The zero-order valence-electron chi connectivity index (χ0n) is 13.3. The van der Waals surface area contributed by atoms with Crippen molar-refractivity contribution >= 4 is 49.8 Å². The summed E-state index contributed by atoms with van der Waals surface area (Å²) in [6, 6.07) is 10.4. The fourth-order valence-electron chi connectivity index (χ4n) is 2.81. The molecule has 2 aromatic carbocycles. The van der Waals surface area contributed by atoms with Crippen LogP contribution in [0.5, 0.6) is 11.5 Å². The van der Waals surface area contributed by atoms with E-state index in [4.69, 9.17) is 0 Å². The quantitative estimate of drug-likeness (QED) is 0.549. The lowest BCUT2D eigenvalue weighted by Gasteiger charge is -2.17. The summed E-state index contributed by atoms with van der Waals surface area (Å²) in [6.45, 7) is 0. The van der Waals surface area contributed by atoms with Crippen molar-refractivity contribution in [2.75, 3.05) is 0 Å². The normalized spacial score (nSPS) is 18.1. The van der Waals surface area contributed by atoms with Crippen LogP contribution in [-0.2, 0) is 4.79 Å². The number of allylic oxidation sites excluding steroid dienone is 2. The predicted molar refractivity (Wildman–Crippen MR) is 106 cm³/mol. The van der Waals surface area contributed by atoms with Crippen LogP contribution < -0.4 is 0 Å². The molecule has 3 rings (SSSR count). The van der Waals surface area contributed by atoms with Crippen LogP contribution in [0.15, 0.2) is 56.5 Å². The van der Waals surface area contributed by atoms with Gasteiger partial charge in [-0.1, -0.05) is 12.1 Å². The molecule has 2 N–H and O–H groups in total. The molecule has 1 saturated carbocycles. The SMILES string of the molecule is O=C1C(=Cc2ccc(O)c(Br)c2)CCCC1=Cc1ccc(O)c(Br)c1. The molecular weight excluding hydrogens is 448 g/mol. The van der Waals surface area contributed by atoms with Gasteiger partial charge in [0.1, 0.15) is 11.5 Å². The topological polar surface area (TPSA) is 57.5 Å². The van der Waals surface area contributed by atoms with Gasteiger partial charge in [0.2, 0.25) is 0 Å². The number of carbonyl (C=O) groups is 1. The summed E-state index contributed by atoms with van der Waals surface area (Å²) >= 11 is 6.59. The minimum atomic E-state index is 0.0552. The van der Waals surface area contributed by atoms with Crippen molar-refractivity contribution in [1.29, 1.82) is 0 Å². The van der Waals surface area contributed by atoms with Crippen molar-refractivity contribution in [2.45, 2.75) is 19.3 Å². The standard InChI is InChI=1S/C20H16Br2O3/c21-16-10-12(4-6-18(16)23)8-14-2-1-3-15(20(14)25)9-13-5-7-19(24)17(22)11-13/h4-11,23-24H,1-3H2. The second-order valence-corrected chi connectivity index (χ2v) is 7.65. The van der Waals surface area contributed by atoms with Crippen molar-refractivity contribution in [3.8, 4) is 11.5 Å². The summed E-state index contributed by atoms with van der Waals surface area (Å²) in [7, 11) is 0. The number of carbonyl (C=O) groups excluding carboxylic acids is 1. The lowest BCUT2D eigenvalue weighted by molar-refractivity contribution is -0.112. The minimum Gasteiger partial charge on any atom is -0.507 e. The van der Waals surface area contributed by atoms with E-state index in [9.17, 15) is 15.0 Å². The third-order valence-electron chi connectivity index (χ3n) is 4.10. The van der Waals surface area contributed by atoms with Crippen LogP contribution in [0.1, 0.15) is 30.4 Å². The van der Waals surface area contributed by atoms with Crippen molar-refractivity contribution in [3.63, 3.8) is 0 Å². The molecule has 25 heavy (non-hydrogen) atoms. The van der Waals surface area contributed by atoms with E-state index in [0.29, 0.717) is 8.95 Å². The van der Waals surface area contributed by atoms with Crippen LogP contribution in [0.25, 0.3) is 12.2 Å². The Bertz CT molecular complexity index is 826. The number of ketones is 1. The third kappa shape index (κ3) is 4.22. The Morgan fingerprint density at radius 1 is 0.800 bits per heavy atom. The van der Waals surface area contributed by atoms with Gasteiger partial charge in [-0.2, -0.15) is 0 Å². The third-order valence-corrected chi connectivity index (χ3v) is 5.37. The van der Waals surface area contributed by atoms with Crippen molar-refractivity contribution < 1.29 is 15.0 Å². The summed E-state index contributed by atoms with van der Waals surface area (Å²) < 4.78 is 1.21. The molecule has 0 bridgehead atoms. The molecule has 0 radical (unpaired) electrons. The first-order chi connectivity index (χ1) is 11.9. The fourth-order valence-corrected chi connectivity index (χ4v) is 3.60. The number of phenols is 2. The van der Waals surface area contributed by atoms with E-state index in [1.165, 1.54) is 0 Å². The molecule has 1 aliphatic rings. The van der Waals surface area contributed by atoms with Gasteiger partial charge in [0.15, 0.2) is 5.78 Å². The molecule has 5 heteroatoms. The molecule has 1 aliphatic carbocycles. The number of halogens is 2. The van der Waals surface area contributed by atoms with E-state index >= 15 is 0 Å². The first-order valence-electron chi connectivity index (χ1n) is 7.87. The van der Waals surface area contributed by atoms with E-state index in [0.717, 1.165) is 41.5 Å². The molecule has 0 aromatic heterocycles. The van der Waals surface area contributed by atoms with Gasteiger partial charge in [0.05, 0.1) is 8.95 Å². The summed E-state index contributed by atoms with van der Waals surface area (Å²) in [6.07, 6.45) is 6.17. The molecule has 0 atom stereocenters. The molecule has 3 nitrogen and oxygen atoms in total. The van der Waals surface area contributed by atoms with E-state index in [1.807, 2.05) is 12.2 Å². The van der Waals surface area contributed by atoms with Gasteiger partial charge < -0.3 is 10.2 Å². The molecule has 0 unspecified atom stereocenters. The first-order valence-corrected chi connectivity index (χ1v) is 9.45. The maximum atomic E-state index is 12.8. The highest BCUT2D eigenvalue weighted by Crippen LogP contribution is 2.31. The number of rotatable bonds is 2. The maximum absolute atomic E-state index is 12.8. The molecule has 0 amide bonds. The van der Waals surface area contributed by atoms with Crippen LogP contribution in [0.2, 0.25) is 0 Å². The second-order valence-electron chi connectivity index (χ2n) is 5.94. The van der Waals surface area contributed by atoms with Gasteiger partial charge in [0, 0.05) is 11.1 Å². The second kappa shape index (κ2) is 7.58. The molecule has 0 aliphatic heterocycles. The lowest BCUT2D eigenvalue weighted by Crippen LogP contribution is -2.12. The van der Waals surface area contributed by atoms with Gasteiger partial charge in [-0.05, 0) is 98.7 Å². The zero-order valence-corrected chi connectivity index (χ0v) is 16.5. The lowest BCUT2D eigenvalue weighted by atomic mass is 9.87. The molecule has 0 saturated heterocycles. The van der Waals surface area contributed by atoms with Gasteiger partial charge in [0.25, 0.3) is 0 Å². The van der Waals surface area contributed by atoms with Crippen molar-refractivity contribution in [2.24, 2.45) is 0 Å². The average Bonchev–Trinajstić information content (AvgIpc) is 2.58. The first kappa shape index (κ1) is 18.0. The molecule has 128 valence electrons. The Balaban J connectivity index is 1.89. The Kier molecular flexibility index (Phi) is 5.45. The van der Waals surface area contributed by atoms with Gasteiger partial charge in [-0.15, -0.1) is 0 Å². The Morgan fingerprint density at radius 3 is 1.64 bits per heavy atom. The highest BCUT2D eigenvalue weighted by atomic mass is 79.9. The fraction of sp³-hybridized carbons (Fsp3) is 0.150. The molecule has 2 aromatic rings. The number of Topliss-reactive ketones (excluding diaryl/α,β-unsaturated/α-hetero) is 1. The van der Waals surface area contributed by atoms with Crippen LogP contribution >= 0.6 is 31.9 Å². The maximum Gasteiger partial charge on any atom is 0.185 e. The predicted octanol–water partition coefficient (Wildman–Crippen LogP) is 5.84. The largest absolute Gasteiger partial charge is 0.507 e. The van der Waals surface area contributed by atoms with Crippen LogP contribution in [-0.4, -0.2) is 16.0 Å². The number of phenolic OH excluding ortho intramolecular Hbond substituents is 2. The smallest absolute Gasteiger partial charge is 0.185 e. The number of aromatic hydroxyl groups is 2. The van der Waals surface area contributed by atoms with Gasteiger partial charge in [-0.25, -0.2) is 0 Å². The van der Waals surface area contributed by atoms with E-state index < -0.39 is 0 Å². The van der Waals surface area contributed by atoms with Crippen LogP contribution in [0.3, 0.4) is 0 Å². The number of hydrogen-bond acceptors (Lipinski definition) is 3. The average molecular weight is 464 g/mol.